The van der Waals surface area contributed by atoms with Gasteiger partial charge in [0.1, 0.15) is 0 Å². The lowest BCUT2D eigenvalue weighted by molar-refractivity contribution is 0.264. The number of hydrogen-bond donors (Lipinski definition) is 2. The van der Waals surface area contributed by atoms with Crippen molar-refractivity contribution < 1.29 is 5.11 Å². The zero-order valence-electron chi connectivity index (χ0n) is 4.72. The van der Waals surface area contributed by atoms with Crippen molar-refractivity contribution in [2.24, 2.45) is 11.7 Å². The van der Waals surface area contributed by atoms with Gasteiger partial charge in [-0.1, -0.05) is 14.4 Å². The van der Waals surface area contributed by atoms with E-state index < -0.39 is 0 Å². The van der Waals surface area contributed by atoms with Gasteiger partial charge in [-0.3, -0.25) is 0 Å². The smallest absolute Gasteiger partial charge is 0.0434 e. The Labute approximate surface area is 51.7 Å². The molecule has 0 heterocycles. The summed E-state index contributed by atoms with van der Waals surface area (Å²) in [5, 5.41) is 8.31. The quantitative estimate of drug-likeness (QED) is 0.571. The van der Waals surface area contributed by atoms with Gasteiger partial charge in [0, 0.05) is 6.61 Å². The van der Waals surface area contributed by atoms with E-state index in [-0.39, 0.29) is 14.0 Å². The van der Waals surface area contributed by atoms with Crippen molar-refractivity contribution in [1.82, 2.24) is 0 Å². The predicted octanol–water partition coefficient (Wildman–Crippen LogP) is 0.600. The Balaban J connectivity index is 0. The maximum absolute atomic E-state index is 8.31. The van der Waals surface area contributed by atoms with E-state index in [4.69, 9.17) is 10.8 Å². The SMILES string of the molecule is C.CC(CN)CCO. The number of aliphatic hydroxyl groups excluding tert-OH is 1. The van der Waals surface area contributed by atoms with Crippen molar-refractivity contribution in [3.63, 3.8) is 0 Å². The first-order valence-electron chi connectivity index (χ1n) is 2.62. The van der Waals surface area contributed by atoms with Gasteiger partial charge in [-0.15, -0.1) is 0 Å². The number of hydrogen-bond acceptors (Lipinski definition) is 2. The largest absolute Gasteiger partial charge is 0.396 e. The van der Waals surface area contributed by atoms with Gasteiger partial charge in [0.2, 0.25) is 0 Å². The zero-order valence-corrected chi connectivity index (χ0v) is 4.72. The van der Waals surface area contributed by atoms with Gasteiger partial charge in [0.05, 0.1) is 0 Å². The molecule has 0 aliphatic heterocycles. The van der Waals surface area contributed by atoms with Crippen molar-refractivity contribution in [1.29, 1.82) is 0 Å². The summed E-state index contributed by atoms with van der Waals surface area (Å²) in [6.07, 6.45) is 0.830. The normalized spacial score (nSPS) is 12.4. The van der Waals surface area contributed by atoms with Crippen LogP contribution in [0.4, 0.5) is 0 Å². The third-order valence-corrected chi connectivity index (χ3v) is 1.02. The van der Waals surface area contributed by atoms with Crippen molar-refractivity contribution in [2.45, 2.75) is 20.8 Å². The molecule has 0 aliphatic carbocycles. The molecule has 0 aromatic rings. The van der Waals surface area contributed by atoms with Gasteiger partial charge in [-0.25, -0.2) is 0 Å². The molecule has 2 nitrogen and oxygen atoms in total. The molecule has 1 unspecified atom stereocenters. The predicted molar refractivity (Wildman–Crippen MR) is 36.7 cm³/mol. The van der Waals surface area contributed by atoms with Crippen molar-refractivity contribution in [3.8, 4) is 0 Å². The highest BCUT2D eigenvalue weighted by Crippen LogP contribution is 1.94. The van der Waals surface area contributed by atoms with Crippen LogP contribution in [0.15, 0.2) is 0 Å². The summed E-state index contributed by atoms with van der Waals surface area (Å²) < 4.78 is 0. The van der Waals surface area contributed by atoms with Crippen LogP contribution in [0.25, 0.3) is 0 Å². The summed E-state index contributed by atoms with van der Waals surface area (Å²) in [7, 11) is 0. The third kappa shape index (κ3) is 5.92. The summed E-state index contributed by atoms with van der Waals surface area (Å²) in [5.41, 5.74) is 5.25. The Hall–Kier alpha value is -0.0800. The van der Waals surface area contributed by atoms with Crippen LogP contribution in [0.1, 0.15) is 20.8 Å². The molecule has 1 atom stereocenters. The second-order valence-electron chi connectivity index (χ2n) is 1.85. The van der Waals surface area contributed by atoms with Crippen LogP contribution in [0, 0.1) is 5.92 Å². The van der Waals surface area contributed by atoms with E-state index in [0.717, 1.165) is 6.42 Å². The topological polar surface area (TPSA) is 46.2 Å². The van der Waals surface area contributed by atoms with Crippen LogP contribution in [0.2, 0.25) is 0 Å². The lowest BCUT2D eigenvalue weighted by Crippen LogP contribution is -2.11. The summed E-state index contributed by atoms with van der Waals surface area (Å²) >= 11 is 0. The van der Waals surface area contributed by atoms with E-state index in [1.165, 1.54) is 0 Å². The van der Waals surface area contributed by atoms with Gasteiger partial charge in [0.25, 0.3) is 0 Å². The van der Waals surface area contributed by atoms with Gasteiger partial charge in [-0.05, 0) is 18.9 Å². The van der Waals surface area contributed by atoms with Crippen LogP contribution in [0.3, 0.4) is 0 Å². The fraction of sp³-hybridized carbons (Fsp3) is 1.00. The van der Waals surface area contributed by atoms with Crippen LogP contribution in [0.5, 0.6) is 0 Å². The molecular formula is C6H17NO. The first kappa shape index (κ1) is 10.8. The van der Waals surface area contributed by atoms with E-state index >= 15 is 0 Å². The van der Waals surface area contributed by atoms with Crippen LogP contribution in [-0.4, -0.2) is 18.3 Å². The molecule has 0 spiro atoms. The first-order chi connectivity index (χ1) is 3.31. The van der Waals surface area contributed by atoms with E-state index in [1.54, 1.807) is 0 Å². The van der Waals surface area contributed by atoms with Gasteiger partial charge >= 0.3 is 0 Å². The fourth-order valence-electron chi connectivity index (χ4n) is 0.338. The van der Waals surface area contributed by atoms with Crippen LogP contribution in [-0.2, 0) is 0 Å². The van der Waals surface area contributed by atoms with E-state index in [1.807, 2.05) is 6.92 Å². The summed E-state index contributed by atoms with van der Waals surface area (Å²) in [4.78, 5) is 0. The minimum Gasteiger partial charge on any atom is -0.396 e. The Morgan fingerprint density at radius 2 is 2.12 bits per heavy atom. The molecule has 3 N–H and O–H groups in total. The molecule has 0 amide bonds. The molecule has 0 saturated heterocycles. The van der Waals surface area contributed by atoms with Gasteiger partial charge in [0.15, 0.2) is 0 Å². The highest BCUT2D eigenvalue weighted by atomic mass is 16.3. The minimum atomic E-state index is 0. The van der Waals surface area contributed by atoms with Crippen molar-refractivity contribution >= 4 is 0 Å². The van der Waals surface area contributed by atoms with E-state index in [9.17, 15) is 0 Å². The van der Waals surface area contributed by atoms with Crippen molar-refractivity contribution in [3.05, 3.63) is 0 Å². The van der Waals surface area contributed by atoms with Gasteiger partial charge in [-0.2, -0.15) is 0 Å². The maximum Gasteiger partial charge on any atom is 0.0434 e. The first-order valence-corrected chi connectivity index (χ1v) is 2.62. The highest BCUT2D eigenvalue weighted by Gasteiger charge is 1.93. The van der Waals surface area contributed by atoms with Crippen molar-refractivity contribution in [2.75, 3.05) is 13.2 Å². The van der Waals surface area contributed by atoms with Crippen LogP contribution < -0.4 is 5.73 Å². The summed E-state index contributed by atoms with van der Waals surface area (Å²) in [6, 6.07) is 0. The zero-order chi connectivity index (χ0) is 5.70. The Kier molecular flexibility index (Phi) is 9.36. The molecule has 0 aromatic carbocycles. The average Bonchev–Trinajstić information content (AvgIpc) is 1.68. The van der Waals surface area contributed by atoms with Crippen LogP contribution >= 0.6 is 0 Å². The molecule has 0 aliphatic rings. The Bertz CT molecular complexity index is 39.5. The number of aliphatic hydroxyl groups is 1. The van der Waals surface area contributed by atoms with E-state index in [2.05, 4.69) is 0 Å². The molecule has 0 aromatic heterocycles. The molecule has 0 radical (unpaired) electrons. The standard InChI is InChI=1S/C5H13NO.CH4/c1-5(4-6)2-3-7;/h5,7H,2-4,6H2,1H3;1H4. The third-order valence-electron chi connectivity index (χ3n) is 1.02. The Morgan fingerprint density at radius 3 is 2.25 bits per heavy atom. The minimum absolute atomic E-state index is 0. The molecule has 52 valence electrons. The lowest BCUT2D eigenvalue weighted by Gasteiger charge is -2.02. The second-order valence-corrected chi connectivity index (χ2v) is 1.85. The second kappa shape index (κ2) is 6.92. The molecule has 0 fully saturated rings. The lowest BCUT2D eigenvalue weighted by atomic mass is 10.1. The Morgan fingerprint density at radius 1 is 1.62 bits per heavy atom. The summed E-state index contributed by atoms with van der Waals surface area (Å²) in [5.74, 6) is 0.477. The molecule has 0 rings (SSSR count). The fourth-order valence-corrected chi connectivity index (χ4v) is 0.338. The molecule has 0 bridgehead atoms. The highest BCUT2D eigenvalue weighted by molar-refractivity contribution is 4.49. The van der Waals surface area contributed by atoms with E-state index in [0.29, 0.717) is 12.5 Å². The molecule has 8 heavy (non-hydrogen) atoms. The summed E-state index contributed by atoms with van der Waals surface area (Å²) in [6.45, 7) is 2.97. The molecule has 2 heteroatoms. The molecule has 0 saturated carbocycles. The molecular weight excluding hydrogens is 102 g/mol. The number of nitrogens with two attached hydrogens (primary N) is 1. The maximum atomic E-state index is 8.31. The average molecular weight is 119 g/mol. The van der Waals surface area contributed by atoms with Gasteiger partial charge < -0.3 is 10.8 Å². The number of rotatable bonds is 3. The monoisotopic (exact) mass is 119 g/mol.